The molecule has 2 atom stereocenters. The number of Topliss-reactive ketones (excluding diaryl/α,β-unsaturated/α-hetero) is 1. The van der Waals surface area contributed by atoms with Crippen LogP contribution in [0.15, 0.2) is 192 Å². The third kappa shape index (κ3) is 15.2. The van der Waals surface area contributed by atoms with Gasteiger partial charge in [0.1, 0.15) is 22.8 Å². The van der Waals surface area contributed by atoms with E-state index >= 15 is 0 Å². The van der Waals surface area contributed by atoms with Gasteiger partial charge in [0.2, 0.25) is 17.2 Å². The van der Waals surface area contributed by atoms with Crippen LogP contribution >= 0.6 is 0 Å². The first kappa shape index (κ1) is 62.7. The molecule has 0 saturated heterocycles. The van der Waals surface area contributed by atoms with Crippen molar-refractivity contribution in [3.05, 3.63) is 260 Å². The molecule has 2 unspecified atom stereocenters. The van der Waals surface area contributed by atoms with Gasteiger partial charge in [0.15, 0.2) is 6.04 Å². The number of nitrogens with zero attached hydrogens (tertiary/aromatic N) is 5. The zero-order valence-corrected chi connectivity index (χ0v) is 51.6. The summed E-state index contributed by atoms with van der Waals surface area (Å²) in [6, 6.07) is 46.0. The lowest BCUT2D eigenvalue weighted by Gasteiger charge is -2.33. The number of allylic oxidation sites excluding steroid dienone is 7. The average Bonchev–Trinajstić information content (AvgIpc) is 0.897. The molecule has 8 bridgehead atoms. The molecule has 4 N–H and O–H groups in total. The maximum absolute atomic E-state index is 13.6. The largest absolute Gasteiger partial charge is 0.857 e. The zero-order chi connectivity index (χ0) is 62.4. The van der Waals surface area contributed by atoms with Crippen LogP contribution in [-0.2, 0) is 31.0 Å². The SMILES string of the molecule is CCCCC(C)N(c1ccc(C2=C(O)C(=C3C=CC(=[N+](c4ccc(C)cc4C)C(C)CCCC)C=C3)C2=O)cc1)c1ccc(C)cc1C.O=C1NCc2ccc(cc2)CN=C([O-])c2cccc(n2)C(=O)NCc2ccc(cc2)CNC(=O)c2cccc1n2. The Balaban J connectivity index is 0.000000213. The number of unbranched alkanes of at least 4 members (excludes halogenated alkanes) is 2. The highest BCUT2D eigenvalue weighted by Crippen LogP contribution is 2.41. The number of hydrogen-bond acceptors (Lipinski definition) is 10. The van der Waals surface area contributed by atoms with Crippen LogP contribution in [0.2, 0.25) is 0 Å². The van der Waals surface area contributed by atoms with Gasteiger partial charge in [-0.2, -0.15) is 4.58 Å². The fourth-order valence-corrected chi connectivity index (χ4v) is 11.2. The number of benzene rings is 5. The quantitative estimate of drug-likeness (QED) is 0.0681. The van der Waals surface area contributed by atoms with Gasteiger partial charge in [0.05, 0.1) is 23.4 Å². The maximum atomic E-state index is 13.6. The van der Waals surface area contributed by atoms with Crippen LogP contribution in [0.1, 0.15) is 153 Å². The lowest BCUT2D eigenvalue weighted by atomic mass is 9.80. The van der Waals surface area contributed by atoms with Crippen LogP contribution in [0.25, 0.3) is 5.57 Å². The number of pyridine rings is 2. The number of hydrogen-bond donors (Lipinski definition) is 4. The first-order valence-corrected chi connectivity index (χ1v) is 30.4. The van der Waals surface area contributed by atoms with Crippen molar-refractivity contribution in [1.82, 2.24) is 25.9 Å². The van der Waals surface area contributed by atoms with Crippen molar-refractivity contribution in [1.29, 1.82) is 0 Å². The lowest BCUT2D eigenvalue weighted by molar-refractivity contribution is -0.480. The van der Waals surface area contributed by atoms with Crippen LogP contribution < -0.4 is 26.0 Å². The number of rotatable bonds is 12. The number of aliphatic hydroxyl groups is 1. The minimum absolute atomic E-state index is 0.0746. The summed E-state index contributed by atoms with van der Waals surface area (Å²) in [5, 5.41) is 32.3. The van der Waals surface area contributed by atoms with Gasteiger partial charge in [-0.15, -0.1) is 0 Å². The van der Waals surface area contributed by atoms with E-state index in [0.29, 0.717) is 23.2 Å². The molecule has 450 valence electrons. The molecule has 6 heterocycles. The minimum Gasteiger partial charge on any atom is -0.857 e. The first-order valence-electron chi connectivity index (χ1n) is 30.4. The summed E-state index contributed by atoms with van der Waals surface area (Å²) in [5.41, 5.74) is 15.6. The number of aliphatic hydroxyl groups excluding tert-OH is 1. The van der Waals surface area contributed by atoms with E-state index in [9.17, 15) is 29.4 Å². The molecule has 0 spiro atoms. The summed E-state index contributed by atoms with van der Waals surface area (Å²) in [7, 11) is 0. The summed E-state index contributed by atoms with van der Waals surface area (Å²) in [5.74, 6) is -1.78. The summed E-state index contributed by atoms with van der Waals surface area (Å²) in [6.07, 6.45) is 14.9. The van der Waals surface area contributed by atoms with Crippen molar-refractivity contribution in [3.63, 3.8) is 0 Å². The third-order valence-corrected chi connectivity index (χ3v) is 16.1. The number of nitrogens with one attached hydrogen (secondary N) is 3. The molecule has 7 aromatic rings. The monoisotopic (exact) mass is 1170 g/mol. The fourth-order valence-electron chi connectivity index (χ4n) is 11.2. The van der Waals surface area contributed by atoms with Crippen LogP contribution in [0.4, 0.5) is 17.1 Å². The Morgan fingerprint density at radius 1 is 0.568 bits per heavy atom. The van der Waals surface area contributed by atoms with Gasteiger partial charge in [-0.05, 0) is 154 Å². The van der Waals surface area contributed by atoms with Crippen molar-refractivity contribution in [2.24, 2.45) is 4.99 Å². The number of aryl methyl sites for hydroxylation is 4. The third-order valence-electron chi connectivity index (χ3n) is 16.1. The smallest absolute Gasteiger partial charge is 0.270 e. The average molecular weight is 1180 g/mol. The number of carbonyl (C=O) groups excluding carboxylic acids is 4. The Kier molecular flexibility index (Phi) is 20.7. The molecular formula is C74H78N8O6. The van der Waals surface area contributed by atoms with E-state index in [0.717, 1.165) is 83.3 Å². The molecule has 3 amide bonds. The van der Waals surface area contributed by atoms with E-state index in [2.05, 4.69) is 156 Å². The topological polar surface area (TPSA) is 192 Å². The highest BCUT2D eigenvalue weighted by molar-refractivity contribution is 6.39. The molecule has 14 nitrogen and oxygen atoms in total. The fraction of sp³-hybridized carbons (Fsp3) is 0.270. The Morgan fingerprint density at radius 3 is 1.57 bits per heavy atom. The van der Waals surface area contributed by atoms with Gasteiger partial charge in [0.25, 0.3) is 17.7 Å². The highest BCUT2D eigenvalue weighted by atomic mass is 16.3. The first-order chi connectivity index (χ1) is 42.5. The van der Waals surface area contributed by atoms with Crippen molar-refractivity contribution in [3.8, 4) is 0 Å². The number of aliphatic imine (C=N–C) groups is 1. The van der Waals surface area contributed by atoms with Gasteiger partial charge in [0, 0.05) is 73.2 Å². The van der Waals surface area contributed by atoms with Crippen molar-refractivity contribution in [2.45, 2.75) is 132 Å². The standard InChI is InChI=1S/C44H52N2O2.C30H26N6O4/c1-9-11-13-33(7)45(39-25-15-29(3)27-31(39)5)37-21-17-35(18-22-37)41-43(47)42(44(41)48)36-19-23-38(24-20-36)46(34(8)14-12-10-2)40-26-16-30(4)28-32(40)6;37-27-23-3-1-4-24(35-23)28(38)32-16-20-9-13-22(14-10-20)18-34-30(40)26-6-2-5-25(36-26)29(39)33-17-21-11-7-19(8-12-21)15-31-27/h15-28,33-34H,9-14H2,1-8H3;1-14H,15-18H2,(H,31,37)(H,32,38)(H,33,39)(H,34,40). The van der Waals surface area contributed by atoms with Gasteiger partial charge in [-0.1, -0.05) is 135 Å². The summed E-state index contributed by atoms with van der Waals surface area (Å²) < 4.78 is 2.41. The van der Waals surface area contributed by atoms with Crippen LogP contribution in [0, 0.1) is 27.7 Å². The second kappa shape index (κ2) is 29.0. The second-order valence-corrected chi connectivity index (χ2v) is 22.9. The molecule has 2 aliphatic carbocycles. The van der Waals surface area contributed by atoms with E-state index in [-0.39, 0.29) is 60.5 Å². The number of ketones is 1. The lowest BCUT2D eigenvalue weighted by Crippen LogP contribution is -2.29. The molecule has 13 rings (SSSR count). The van der Waals surface area contributed by atoms with Crippen molar-refractivity contribution < 1.29 is 34.0 Å². The summed E-state index contributed by atoms with van der Waals surface area (Å²) >= 11 is 0. The van der Waals surface area contributed by atoms with Crippen LogP contribution in [-0.4, -0.2) is 66.8 Å². The molecule has 14 heteroatoms. The van der Waals surface area contributed by atoms with Gasteiger partial charge < -0.3 is 31.1 Å². The Hall–Kier alpha value is -9.82. The van der Waals surface area contributed by atoms with Gasteiger partial charge >= 0.3 is 0 Å². The molecular weight excluding hydrogens is 1100 g/mol. The maximum Gasteiger partial charge on any atom is 0.270 e. The predicted octanol–water partition coefficient (Wildman–Crippen LogP) is 13.2. The predicted molar refractivity (Wildman–Crippen MR) is 348 cm³/mol. The van der Waals surface area contributed by atoms with Crippen molar-refractivity contribution >= 4 is 57.7 Å². The minimum atomic E-state index is -0.523. The summed E-state index contributed by atoms with van der Waals surface area (Å²) in [6.45, 7) is 18.5. The van der Waals surface area contributed by atoms with Gasteiger partial charge in [-0.25, -0.2) is 9.97 Å². The normalized spacial score (nSPS) is 15.1. The van der Waals surface area contributed by atoms with E-state index < -0.39 is 23.6 Å². The van der Waals surface area contributed by atoms with E-state index in [1.807, 2.05) is 72.8 Å². The molecule has 4 aliphatic heterocycles. The molecule has 5 aromatic carbocycles. The van der Waals surface area contributed by atoms with Crippen LogP contribution in [0.5, 0.6) is 0 Å². The van der Waals surface area contributed by atoms with Crippen LogP contribution in [0.3, 0.4) is 0 Å². The summed E-state index contributed by atoms with van der Waals surface area (Å²) in [4.78, 5) is 66.5. The van der Waals surface area contributed by atoms with E-state index in [4.69, 9.17) is 0 Å². The molecule has 6 aliphatic rings. The van der Waals surface area contributed by atoms with Crippen molar-refractivity contribution in [2.75, 3.05) is 4.90 Å². The second-order valence-electron chi connectivity index (χ2n) is 22.9. The molecule has 0 fully saturated rings. The Labute approximate surface area is 516 Å². The molecule has 0 saturated carbocycles. The zero-order valence-electron chi connectivity index (χ0n) is 51.6. The number of anilines is 2. The Morgan fingerprint density at radius 2 is 1.06 bits per heavy atom. The molecule has 2 aromatic heterocycles. The Bertz CT molecular complexity index is 3910. The number of aromatic nitrogens is 2. The number of amides is 3. The van der Waals surface area contributed by atoms with E-state index in [1.54, 1.807) is 24.3 Å². The molecule has 88 heavy (non-hydrogen) atoms. The number of carbonyl (C=O) groups is 4. The highest BCUT2D eigenvalue weighted by Gasteiger charge is 2.37. The van der Waals surface area contributed by atoms with E-state index in [1.165, 1.54) is 45.8 Å². The van der Waals surface area contributed by atoms with Gasteiger partial charge in [-0.3, -0.25) is 24.2 Å². The molecule has 0 radical (unpaired) electrons.